The molecule has 1 aromatic carbocycles. The van der Waals surface area contributed by atoms with Gasteiger partial charge in [-0.2, -0.15) is 0 Å². The van der Waals surface area contributed by atoms with Gasteiger partial charge in [-0.1, -0.05) is 51.1 Å². The van der Waals surface area contributed by atoms with Crippen LogP contribution in [0.5, 0.6) is 0 Å². The molecule has 1 aromatic heterocycles. The molecule has 0 bridgehead atoms. The Morgan fingerprint density at radius 2 is 1.88 bits per heavy atom. The van der Waals surface area contributed by atoms with Crippen LogP contribution < -0.4 is 10.6 Å². The van der Waals surface area contributed by atoms with Crippen molar-refractivity contribution in [3.63, 3.8) is 0 Å². The number of imidazole rings is 1. The molecule has 8 nitrogen and oxygen atoms in total. The number of hydrogen-bond acceptors (Lipinski definition) is 4. The molecule has 3 amide bonds. The van der Waals surface area contributed by atoms with E-state index in [-0.39, 0.29) is 35.7 Å². The maximum Gasteiger partial charge on any atom is 0.273 e. The summed E-state index contributed by atoms with van der Waals surface area (Å²) in [6.45, 7) is 9.71. The minimum atomic E-state index is -1.04. The van der Waals surface area contributed by atoms with Crippen molar-refractivity contribution in [3.05, 3.63) is 53.6 Å². The van der Waals surface area contributed by atoms with Crippen LogP contribution in [0.2, 0.25) is 0 Å². The normalized spacial score (nSPS) is 17.6. The molecule has 8 heteroatoms. The first-order valence-corrected chi connectivity index (χ1v) is 12.3. The molecule has 0 spiro atoms. The third-order valence-electron chi connectivity index (χ3n) is 6.29. The van der Waals surface area contributed by atoms with E-state index in [2.05, 4.69) is 41.6 Å². The first-order chi connectivity index (χ1) is 16.3. The van der Waals surface area contributed by atoms with Gasteiger partial charge < -0.3 is 20.1 Å². The summed E-state index contributed by atoms with van der Waals surface area (Å²) in [5, 5.41) is 5.89. The van der Waals surface area contributed by atoms with Crippen molar-refractivity contribution in [3.8, 4) is 0 Å². The lowest BCUT2D eigenvalue weighted by Gasteiger charge is -2.43. The molecular formula is C26H37N5O3. The van der Waals surface area contributed by atoms with Crippen molar-refractivity contribution in [1.82, 2.24) is 25.1 Å². The lowest BCUT2D eigenvalue weighted by molar-refractivity contribution is -0.132. The van der Waals surface area contributed by atoms with Crippen LogP contribution in [-0.2, 0) is 17.8 Å². The standard InChI is InChI=1S/C26H37N5O3/c1-5-16-31-24(33)22-21(23(32)27-14-9-12-20-10-7-6-8-11-20)29-18-30(22)17-26(31,4)25(34)28-15-13-19(2)3/h6-8,10-11,18-19H,5,9,12-17H2,1-4H3,(H,27,32)(H,28,34)/t26-/m1/s1. The van der Waals surface area contributed by atoms with Crippen LogP contribution >= 0.6 is 0 Å². The number of hydrogen-bond donors (Lipinski definition) is 2. The molecule has 1 aliphatic heterocycles. The van der Waals surface area contributed by atoms with E-state index < -0.39 is 5.54 Å². The second-order valence-corrected chi connectivity index (χ2v) is 9.58. The fourth-order valence-corrected chi connectivity index (χ4v) is 4.32. The van der Waals surface area contributed by atoms with Gasteiger partial charge in [0.25, 0.3) is 11.8 Å². The fourth-order valence-electron chi connectivity index (χ4n) is 4.32. The molecule has 0 radical (unpaired) electrons. The molecule has 1 aliphatic rings. The first kappa shape index (κ1) is 25.5. The minimum Gasteiger partial charge on any atom is -0.354 e. The predicted octanol–water partition coefficient (Wildman–Crippen LogP) is 3.03. The first-order valence-electron chi connectivity index (χ1n) is 12.3. The molecule has 1 atom stereocenters. The van der Waals surface area contributed by atoms with Crippen molar-refractivity contribution in [1.29, 1.82) is 0 Å². The van der Waals surface area contributed by atoms with Gasteiger partial charge in [-0.15, -0.1) is 0 Å². The van der Waals surface area contributed by atoms with Crippen LogP contribution in [0, 0.1) is 5.92 Å². The van der Waals surface area contributed by atoms with Crippen molar-refractivity contribution in [2.75, 3.05) is 19.6 Å². The maximum absolute atomic E-state index is 13.5. The smallest absolute Gasteiger partial charge is 0.273 e. The van der Waals surface area contributed by atoms with Crippen LogP contribution in [0.1, 0.15) is 73.5 Å². The molecule has 2 N–H and O–H groups in total. The highest BCUT2D eigenvalue weighted by atomic mass is 16.2. The maximum atomic E-state index is 13.5. The SMILES string of the molecule is CCCN1C(=O)c2c(C(=O)NCCCc3ccccc3)ncn2C[C@]1(C)C(=O)NCCC(C)C. The number of amides is 3. The second-order valence-electron chi connectivity index (χ2n) is 9.58. The van der Waals surface area contributed by atoms with E-state index in [1.54, 1.807) is 16.4 Å². The van der Waals surface area contributed by atoms with Gasteiger partial charge in [0.2, 0.25) is 5.91 Å². The highest BCUT2D eigenvalue weighted by molar-refractivity contribution is 6.07. The highest BCUT2D eigenvalue weighted by Crippen LogP contribution is 2.29. The van der Waals surface area contributed by atoms with Crippen molar-refractivity contribution in [2.24, 2.45) is 5.92 Å². The molecule has 184 valence electrons. The van der Waals surface area contributed by atoms with Gasteiger partial charge in [-0.25, -0.2) is 4.98 Å². The number of nitrogens with one attached hydrogen (secondary N) is 2. The summed E-state index contributed by atoms with van der Waals surface area (Å²) in [6, 6.07) is 10.1. The van der Waals surface area contributed by atoms with Gasteiger partial charge in [0.05, 0.1) is 12.9 Å². The number of carbonyl (C=O) groups excluding carboxylic acids is 3. The zero-order chi connectivity index (χ0) is 24.7. The van der Waals surface area contributed by atoms with E-state index in [0.29, 0.717) is 32.0 Å². The van der Waals surface area contributed by atoms with Gasteiger partial charge in [0, 0.05) is 19.6 Å². The van der Waals surface area contributed by atoms with E-state index in [1.807, 2.05) is 25.1 Å². The highest BCUT2D eigenvalue weighted by Gasteiger charge is 2.48. The Morgan fingerprint density at radius 1 is 1.15 bits per heavy atom. The quantitative estimate of drug-likeness (QED) is 0.497. The van der Waals surface area contributed by atoms with E-state index >= 15 is 0 Å². The zero-order valence-electron chi connectivity index (χ0n) is 20.8. The molecule has 3 rings (SSSR count). The third kappa shape index (κ3) is 5.66. The van der Waals surface area contributed by atoms with Gasteiger partial charge in [-0.3, -0.25) is 14.4 Å². The fraction of sp³-hybridized carbons (Fsp3) is 0.538. The molecule has 34 heavy (non-hydrogen) atoms. The van der Waals surface area contributed by atoms with Crippen LogP contribution in [0.25, 0.3) is 0 Å². The monoisotopic (exact) mass is 467 g/mol. The Hall–Kier alpha value is -3.16. The molecule has 0 unspecified atom stereocenters. The molecule has 0 aliphatic carbocycles. The predicted molar refractivity (Wildman–Crippen MR) is 132 cm³/mol. The van der Waals surface area contributed by atoms with Gasteiger partial charge in [-0.05, 0) is 44.1 Å². The van der Waals surface area contributed by atoms with Gasteiger partial charge in [0.1, 0.15) is 11.2 Å². The average molecular weight is 468 g/mol. The molecule has 2 aromatic rings. The number of nitrogens with zero attached hydrogens (tertiary/aromatic N) is 3. The minimum absolute atomic E-state index is 0.119. The number of carbonyl (C=O) groups is 3. The Balaban J connectivity index is 1.71. The van der Waals surface area contributed by atoms with Crippen molar-refractivity contribution in [2.45, 2.75) is 65.5 Å². The number of aromatic nitrogens is 2. The lowest BCUT2D eigenvalue weighted by Crippen LogP contribution is -2.64. The van der Waals surface area contributed by atoms with Crippen LogP contribution in [-0.4, -0.2) is 57.3 Å². The second kappa shape index (κ2) is 11.3. The summed E-state index contributed by atoms with van der Waals surface area (Å²) >= 11 is 0. The summed E-state index contributed by atoms with van der Waals surface area (Å²) in [5.41, 5.74) is 0.545. The summed E-state index contributed by atoms with van der Waals surface area (Å²) in [7, 11) is 0. The summed E-state index contributed by atoms with van der Waals surface area (Å²) in [4.78, 5) is 45.4. The average Bonchev–Trinajstić information content (AvgIpc) is 3.23. The number of rotatable bonds is 11. The summed E-state index contributed by atoms with van der Waals surface area (Å²) < 4.78 is 1.65. The largest absolute Gasteiger partial charge is 0.354 e. The lowest BCUT2D eigenvalue weighted by atomic mass is 9.93. The van der Waals surface area contributed by atoms with Crippen LogP contribution in [0.15, 0.2) is 36.7 Å². The van der Waals surface area contributed by atoms with Crippen LogP contribution in [0.3, 0.4) is 0 Å². The topological polar surface area (TPSA) is 96.3 Å². The Bertz CT molecular complexity index is 1000. The molecule has 0 fully saturated rings. The molecule has 0 saturated carbocycles. The van der Waals surface area contributed by atoms with E-state index in [4.69, 9.17) is 0 Å². The van der Waals surface area contributed by atoms with E-state index in [9.17, 15) is 14.4 Å². The molecular weight excluding hydrogens is 430 g/mol. The number of fused-ring (bicyclic) bond motifs is 1. The van der Waals surface area contributed by atoms with Gasteiger partial charge >= 0.3 is 0 Å². The summed E-state index contributed by atoms with van der Waals surface area (Å²) in [5.74, 6) is -0.402. The molecule has 2 heterocycles. The van der Waals surface area contributed by atoms with Crippen molar-refractivity contribution < 1.29 is 14.4 Å². The van der Waals surface area contributed by atoms with Crippen LogP contribution in [0.4, 0.5) is 0 Å². The Labute approximate surface area is 202 Å². The third-order valence-corrected chi connectivity index (χ3v) is 6.29. The van der Waals surface area contributed by atoms with E-state index in [1.165, 1.54) is 11.9 Å². The zero-order valence-corrected chi connectivity index (χ0v) is 20.8. The number of aryl methyl sites for hydroxylation is 1. The van der Waals surface area contributed by atoms with Gasteiger partial charge in [0.15, 0.2) is 5.69 Å². The van der Waals surface area contributed by atoms with Crippen molar-refractivity contribution >= 4 is 17.7 Å². The Morgan fingerprint density at radius 3 is 2.56 bits per heavy atom. The van der Waals surface area contributed by atoms with E-state index in [0.717, 1.165) is 19.3 Å². The Kier molecular flexibility index (Phi) is 8.47. The molecule has 0 saturated heterocycles. The summed E-state index contributed by atoms with van der Waals surface area (Å²) in [6.07, 6.45) is 4.71. The number of benzene rings is 1.